The van der Waals surface area contributed by atoms with Crippen LogP contribution in [0.3, 0.4) is 0 Å². The van der Waals surface area contributed by atoms with Gasteiger partial charge in [0.25, 0.3) is 0 Å². The molecule has 1 aliphatic heterocycles. The van der Waals surface area contributed by atoms with Crippen molar-refractivity contribution in [2.45, 2.75) is 45.1 Å². The van der Waals surface area contributed by atoms with Crippen LogP contribution in [0.2, 0.25) is 0 Å². The molecule has 1 aliphatic rings. The van der Waals surface area contributed by atoms with Crippen LogP contribution in [-0.2, 0) is 9.53 Å². The summed E-state index contributed by atoms with van der Waals surface area (Å²) in [6, 6.07) is 8.10. The Hall–Kier alpha value is -3.37. The highest BCUT2D eigenvalue weighted by molar-refractivity contribution is 7.21. The zero-order chi connectivity index (χ0) is 24.2. The quantitative estimate of drug-likeness (QED) is 0.384. The number of fused-ring (bicyclic) bond motifs is 1. The number of likely N-dealkylation sites (tertiary alicyclic amines) is 1. The van der Waals surface area contributed by atoms with Gasteiger partial charge in [-0.1, -0.05) is 11.3 Å². The Labute approximate surface area is 208 Å². The third-order valence-electron chi connectivity index (χ3n) is 6.16. The molecule has 0 radical (unpaired) electrons. The molecule has 0 aliphatic carbocycles. The van der Waals surface area contributed by atoms with Gasteiger partial charge in [-0.25, -0.2) is 15.0 Å². The van der Waals surface area contributed by atoms with E-state index in [-0.39, 0.29) is 18.6 Å². The second-order valence-corrected chi connectivity index (χ2v) is 9.97. The lowest BCUT2D eigenvalue weighted by molar-refractivity contribution is -0.137. The number of thiazole rings is 1. The smallest absolute Gasteiger partial charge is 0.248 e. The molecule has 5 heterocycles. The van der Waals surface area contributed by atoms with Crippen molar-refractivity contribution in [1.82, 2.24) is 30.0 Å². The monoisotopic (exact) mass is 491 g/mol. The van der Waals surface area contributed by atoms with Crippen LogP contribution in [-0.4, -0.2) is 61.8 Å². The number of hydrogen-bond donors (Lipinski definition) is 2. The van der Waals surface area contributed by atoms with Gasteiger partial charge < -0.3 is 15.0 Å². The molecule has 10 heteroatoms. The SMILES string of the molecule is CC(C)OCC(=O)N1CCCC(c2ccnc(Nc3nc4ccc(-c5cn[nH]c5)nc4s3)c2)CC1. The van der Waals surface area contributed by atoms with Gasteiger partial charge >= 0.3 is 0 Å². The van der Waals surface area contributed by atoms with Crippen molar-refractivity contribution in [1.29, 1.82) is 0 Å². The molecule has 9 nitrogen and oxygen atoms in total. The molecule has 1 unspecified atom stereocenters. The van der Waals surface area contributed by atoms with Gasteiger partial charge in [-0.2, -0.15) is 5.10 Å². The lowest BCUT2D eigenvalue weighted by atomic mass is 9.93. The average Bonchev–Trinajstić information content (AvgIpc) is 3.46. The normalized spacial score (nSPS) is 16.5. The molecular weight excluding hydrogens is 462 g/mol. The first-order valence-electron chi connectivity index (χ1n) is 11.9. The van der Waals surface area contributed by atoms with Crippen LogP contribution < -0.4 is 5.32 Å². The topological polar surface area (TPSA) is 109 Å². The molecule has 182 valence electrons. The van der Waals surface area contributed by atoms with E-state index in [2.05, 4.69) is 37.6 Å². The molecule has 0 saturated carbocycles. The number of ether oxygens (including phenoxy) is 1. The number of nitrogens with zero attached hydrogens (tertiary/aromatic N) is 5. The average molecular weight is 492 g/mol. The first-order chi connectivity index (χ1) is 17.0. The Morgan fingerprint density at radius 2 is 2.17 bits per heavy atom. The standard InChI is InChI=1S/C25H29N7O2S/c1-16(2)34-15-23(33)32-10-3-4-17(8-11-32)18-7-9-26-22(12-18)31-25-30-21-6-5-20(29-24(21)35-25)19-13-27-28-14-19/h5-7,9,12-14,16-17H,3-4,8,10-11,15H2,1-2H3,(H,27,28)(H,26,30,31). The van der Waals surface area contributed by atoms with E-state index in [4.69, 9.17) is 9.72 Å². The zero-order valence-corrected chi connectivity index (χ0v) is 20.7. The minimum absolute atomic E-state index is 0.0612. The van der Waals surface area contributed by atoms with Crippen LogP contribution in [0.25, 0.3) is 21.6 Å². The number of carbonyl (C=O) groups is 1. The fraction of sp³-hybridized carbons (Fsp3) is 0.400. The number of aromatic nitrogens is 5. The van der Waals surface area contributed by atoms with Crippen molar-refractivity contribution in [2.75, 3.05) is 25.0 Å². The molecule has 4 aromatic rings. The number of amides is 1. The highest BCUT2D eigenvalue weighted by atomic mass is 32.1. The minimum Gasteiger partial charge on any atom is -0.369 e. The number of hydrogen-bond acceptors (Lipinski definition) is 8. The Balaban J connectivity index is 1.25. The third-order valence-corrected chi connectivity index (χ3v) is 7.04. The van der Waals surface area contributed by atoms with Crippen LogP contribution in [0.1, 0.15) is 44.6 Å². The highest BCUT2D eigenvalue weighted by Gasteiger charge is 2.22. The molecule has 1 atom stereocenters. The van der Waals surface area contributed by atoms with Crippen LogP contribution in [0.4, 0.5) is 10.9 Å². The Morgan fingerprint density at radius 1 is 1.26 bits per heavy atom. The second kappa shape index (κ2) is 10.5. The van der Waals surface area contributed by atoms with Crippen LogP contribution in [0, 0.1) is 0 Å². The summed E-state index contributed by atoms with van der Waals surface area (Å²) in [5.41, 5.74) is 3.88. The summed E-state index contributed by atoms with van der Waals surface area (Å²) in [5, 5.41) is 10.9. The highest BCUT2D eigenvalue weighted by Crippen LogP contribution is 2.32. The van der Waals surface area contributed by atoms with Gasteiger partial charge in [-0.05, 0) is 68.9 Å². The predicted octanol–water partition coefficient (Wildman–Crippen LogP) is 4.74. The number of pyridine rings is 2. The fourth-order valence-corrected chi connectivity index (χ4v) is 5.15. The first-order valence-corrected chi connectivity index (χ1v) is 12.8. The molecule has 1 amide bonds. The lowest BCUT2D eigenvalue weighted by Crippen LogP contribution is -2.35. The predicted molar refractivity (Wildman–Crippen MR) is 137 cm³/mol. The molecule has 5 rings (SSSR count). The van der Waals surface area contributed by atoms with Crippen molar-refractivity contribution in [3.63, 3.8) is 0 Å². The summed E-state index contributed by atoms with van der Waals surface area (Å²) in [7, 11) is 0. The van der Waals surface area contributed by atoms with Crippen molar-refractivity contribution in [2.24, 2.45) is 0 Å². The molecule has 0 bridgehead atoms. The van der Waals surface area contributed by atoms with Crippen molar-refractivity contribution in [3.8, 4) is 11.3 Å². The Kier molecular flexibility index (Phi) is 7.01. The van der Waals surface area contributed by atoms with E-state index in [0.29, 0.717) is 5.92 Å². The fourth-order valence-electron chi connectivity index (χ4n) is 4.31. The van der Waals surface area contributed by atoms with Crippen LogP contribution in [0.5, 0.6) is 0 Å². The van der Waals surface area contributed by atoms with E-state index >= 15 is 0 Å². The van der Waals surface area contributed by atoms with Gasteiger partial charge in [-0.15, -0.1) is 0 Å². The lowest BCUT2D eigenvalue weighted by Gasteiger charge is -2.21. The van der Waals surface area contributed by atoms with Crippen molar-refractivity contribution < 1.29 is 9.53 Å². The van der Waals surface area contributed by atoms with E-state index in [9.17, 15) is 4.79 Å². The maximum absolute atomic E-state index is 12.5. The van der Waals surface area contributed by atoms with E-state index in [1.165, 1.54) is 16.9 Å². The number of H-pyrrole nitrogens is 1. The molecular formula is C25H29N7O2S. The molecule has 1 fully saturated rings. The summed E-state index contributed by atoms with van der Waals surface area (Å²) in [6.07, 6.45) is 8.43. The summed E-state index contributed by atoms with van der Waals surface area (Å²) in [5.74, 6) is 1.23. The first kappa shape index (κ1) is 23.4. The Morgan fingerprint density at radius 3 is 3.00 bits per heavy atom. The minimum atomic E-state index is 0.0612. The summed E-state index contributed by atoms with van der Waals surface area (Å²) < 4.78 is 5.51. The summed E-state index contributed by atoms with van der Waals surface area (Å²) in [6.45, 7) is 5.59. The molecule has 4 aromatic heterocycles. The summed E-state index contributed by atoms with van der Waals surface area (Å²) in [4.78, 5) is 29.2. The summed E-state index contributed by atoms with van der Waals surface area (Å²) >= 11 is 1.50. The van der Waals surface area contributed by atoms with Gasteiger partial charge in [0.15, 0.2) is 5.13 Å². The van der Waals surface area contributed by atoms with E-state index in [1.54, 1.807) is 6.20 Å². The van der Waals surface area contributed by atoms with Gasteiger partial charge in [0.05, 0.1) is 18.0 Å². The molecule has 0 aromatic carbocycles. The second-order valence-electron chi connectivity index (χ2n) is 8.99. The zero-order valence-electron chi connectivity index (χ0n) is 19.9. The largest absolute Gasteiger partial charge is 0.369 e. The van der Waals surface area contributed by atoms with Crippen LogP contribution in [0.15, 0.2) is 42.9 Å². The molecule has 1 saturated heterocycles. The van der Waals surface area contributed by atoms with Crippen LogP contribution >= 0.6 is 11.3 Å². The molecule has 2 N–H and O–H groups in total. The van der Waals surface area contributed by atoms with Gasteiger partial charge in [0, 0.05) is 31.0 Å². The maximum atomic E-state index is 12.5. The van der Waals surface area contributed by atoms with E-state index in [1.807, 2.05) is 43.3 Å². The number of nitrogens with one attached hydrogen (secondary N) is 2. The molecule has 35 heavy (non-hydrogen) atoms. The van der Waals surface area contributed by atoms with E-state index < -0.39 is 0 Å². The number of aromatic amines is 1. The van der Waals surface area contributed by atoms with Gasteiger partial charge in [-0.3, -0.25) is 9.89 Å². The Bertz CT molecular complexity index is 1290. The number of rotatable bonds is 7. The third kappa shape index (κ3) is 5.66. The van der Waals surface area contributed by atoms with Gasteiger partial charge in [0.2, 0.25) is 5.91 Å². The van der Waals surface area contributed by atoms with Gasteiger partial charge in [0.1, 0.15) is 22.8 Å². The van der Waals surface area contributed by atoms with Crippen molar-refractivity contribution in [3.05, 3.63) is 48.4 Å². The number of anilines is 2. The molecule has 0 spiro atoms. The number of carbonyl (C=O) groups excluding carboxylic acids is 1. The van der Waals surface area contributed by atoms with E-state index in [0.717, 1.165) is 64.9 Å². The van der Waals surface area contributed by atoms with Crippen molar-refractivity contribution >= 4 is 38.5 Å². The maximum Gasteiger partial charge on any atom is 0.248 e.